The van der Waals surface area contributed by atoms with Gasteiger partial charge in [-0.05, 0) is 13.3 Å². The van der Waals surface area contributed by atoms with Crippen LogP contribution in [0.4, 0.5) is 0 Å². The normalized spacial score (nSPS) is 11.8. The first-order valence-corrected chi connectivity index (χ1v) is 4.59. The first kappa shape index (κ1) is 6.19. The van der Waals surface area contributed by atoms with Crippen molar-refractivity contribution in [2.75, 3.05) is 19.6 Å². The van der Waals surface area contributed by atoms with Gasteiger partial charge < -0.3 is 10.3 Å². The summed E-state index contributed by atoms with van der Waals surface area (Å²) in [4.78, 5) is 0. The lowest BCUT2D eigenvalue weighted by atomic mass is 11.6. The molecule has 0 heterocycles. The van der Waals surface area contributed by atoms with Crippen LogP contribution in [0.3, 0.4) is 0 Å². The Morgan fingerprint density at radius 2 is 1.83 bits per heavy atom. The van der Waals surface area contributed by atoms with Gasteiger partial charge in [0.25, 0.3) is 0 Å². The van der Waals surface area contributed by atoms with E-state index in [0.29, 0.717) is 6.29 Å². The van der Waals surface area contributed by atoms with Crippen LogP contribution in [0.15, 0.2) is 0 Å². The highest BCUT2D eigenvalue weighted by atomic mass is 31.2. The summed E-state index contributed by atoms with van der Waals surface area (Å²) in [6.07, 6.45) is 0.326. The molecule has 0 aliphatic rings. The van der Waals surface area contributed by atoms with Gasteiger partial charge in [-0.15, -0.1) is 0 Å². The van der Waals surface area contributed by atoms with E-state index in [9.17, 15) is 4.57 Å². The van der Waals surface area contributed by atoms with Gasteiger partial charge in [0.15, 0.2) is 0 Å². The van der Waals surface area contributed by atoms with Crippen LogP contribution in [0.5, 0.6) is 0 Å². The van der Waals surface area contributed by atoms with Gasteiger partial charge >= 0.3 is 0 Å². The van der Waals surface area contributed by atoms with Crippen molar-refractivity contribution < 1.29 is 4.57 Å². The molecule has 0 aromatic heterocycles. The van der Waals surface area contributed by atoms with E-state index in [0.717, 1.165) is 0 Å². The molecule has 0 spiro atoms. The van der Waals surface area contributed by atoms with E-state index < -0.39 is 7.14 Å². The number of nitrogens with two attached hydrogens (primary N) is 1. The smallest absolute Gasteiger partial charge is 0.0947 e. The molecule has 0 amide bonds. The van der Waals surface area contributed by atoms with E-state index in [-0.39, 0.29) is 0 Å². The summed E-state index contributed by atoms with van der Waals surface area (Å²) in [5.74, 6) is 0. The number of hydrogen-bond donors (Lipinski definition) is 1. The van der Waals surface area contributed by atoms with Gasteiger partial charge in [-0.2, -0.15) is 0 Å². The zero-order chi connectivity index (χ0) is 5.21. The highest BCUT2D eigenvalue weighted by Crippen LogP contribution is 2.31. The predicted molar refractivity (Wildman–Crippen MR) is 28.5 cm³/mol. The molecule has 0 atom stereocenters. The average molecular weight is 108 g/mol. The third kappa shape index (κ3) is 4.19. The topological polar surface area (TPSA) is 43.1 Å². The fraction of sp³-hybridized carbons (Fsp3) is 1.00. The Bertz CT molecular complexity index is 74.9. The van der Waals surface area contributed by atoms with E-state index in [4.69, 9.17) is 5.73 Å². The molecule has 38 valence electrons. The number of rotatable bonds is 1. The monoisotopic (exact) mass is 108 g/mol. The molecule has 0 radical (unpaired) electrons. The van der Waals surface area contributed by atoms with E-state index in [1.54, 1.807) is 13.3 Å². The van der Waals surface area contributed by atoms with Gasteiger partial charge in [0.05, 0.1) is 7.14 Å². The maximum atomic E-state index is 10.5. The van der Waals surface area contributed by atoms with Crippen LogP contribution >= 0.6 is 7.14 Å². The van der Waals surface area contributed by atoms with Gasteiger partial charge in [-0.3, -0.25) is 0 Å². The van der Waals surface area contributed by atoms with E-state index >= 15 is 0 Å². The minimum Gasteiger partial charge on any atom is -0.324 e. The lowest BCUT2D eigenvalue weighted by Gasteiger charge is -1.96. The lowest BCUT2D eigenvalue weighted by molar-refractivity contribution is 0.582. The van der Waals surface area contributed by atoms with Crippen LogP contribution < -0.4 is 5.73 Å². The summed E-state index contributed by atoms with van der Waals surface area (Å²) >= 11 is 0. The third-order valence-corrected chi connectivity index (χ3v) is 1.32. The molecular weight excluding hydrogens is 98.0 g/mol. The summed E-state index contributed by atoms with van der Waals surface area (Å²) < 4.78 is 10.5. The van der Waals surface area contributed by atoms with Crippen LogP contribution in [0.1, 0.15) is 0 Å². The predicted octanol–water partition coefficient (Wildman–Crippen LogP) is 0.525. The molecule has 0 aliphatic heterocycles. The molecule has 0 aromatic rings. The van der Waals surface area contributed by atoms with Crippen molar-refractivity contribution in [1.82, 2.24) is 0 Å². The molecule has 0 saturated heterocycles. The molecular formula is C3H10NOP. The Morgan fingerprint density at radius 3 is 1.83 bits per heavy atom. The van der Waals surface area contributed by atoms with Crippen molar-refractivity contribution in [3.8, 4) is 0 Å². The molecule has 0 aromatic carbocycles. The maximum absolute atomic E-state index is 10.5. The van der Waals surface area contributed by atoms with Gasteiger partial charge in [-0.1, -0.05) is 0 Å². The fourth-order valence-corrected chi connectivity index (χ4v) is 0. The average Bonchev–Trinajstić information content (AvgIpc) is 1.35. The molecule has 0 rings (SSSR count). The molecule has 2 N–H and O–H groups in total. The standard InChI is InChI=1S/C3H10NOP/c1-6(2,5)3-4/h3-4H2,1-2H3/i4+1. The Hall–Kier alpha value is 0.190. The van der Waals surface area contributed by atoms with Gasteiger partial charge in [0.2, 0.25) is 0 Å². The van der Waals surface area contributed by atoms with Crippen LogP contribution in [-0.2, 0) is 4.57 Å². The zero-order valence-electron chi connectivity index (χ0n) is 4.14. The number of hydrogen-bond acceptors (Lipinski definition) is 2. The summed E-state index contributed by atoms with van der Waals surface area (Å²) in [6, 6.07) is 0. The van der Waals surface area contributed by atoms with Gasteiger partial charge in [0, 0.05) is 6.29 Å². The maximum Gasteiger partial charge on any atom is 0.0947 e. The molecule has 0 bridgehead atoms. The largest absolute Gasteiger partial charge is 0.324 e. The van der Waals surface area contributed by atoms with Crippen molar-refractivity contribution in [2.45, 2.75) is 0 Å². The Labute approximate surface area is 38.1 Å². The highest BCUT2D eigenvalue weighted by Gasteiger charge is 1.98. The second-order valence-electron chi connectivity index (χ2n) is 1.76. The zero-order valence-corrected chi connectivity index (χ0v) is 5.03. The van der Waals surface area contributed by atoms with Crippen LogP contribution in [-0.4, -0.2) is 19.6 Å². The summed E-state index contributed by atoms with van der Waals surface area (Å²) in [6.45, 7) is 3.35. The minimum absolute atomic E-state index is 0.326. The Balaban J connectivity index is 3.48. The van der Waals surface area contributed by atoms with Crippen molar-refractivity contribution >= 4 is 7.14 Å². The minimum atomic E-state index is -1.87. The SMILES string of the molecule is CP(C)(=O)C[15NH2]. The van der Waals surface area contributed by atoms with Crippen LogP contribution in [0.25, 0.3) is 0 Å². The molecule has 0 aliphatic carbocycles. The first-order chi connectivity index (χ1) is 2.56. The lowest BCUT2D eigenvalue weighted by Crippen LogP contribution is -1.96. The fourth-order valence-electron chi connectivity index (χ4n) is 0. The Kier molecular flexibility index (Phi) is 1.82. The molecule has 0 fully saturated rings. The molecule has 6 heavy (non-hydrogen) atoms. The van der Waals surface area contributed by atoms with Gasteiger partial charge in [-0.25, -0.2) is 0 Å². The molecule has 0 unspecified atom stereocenters. The van der Waals surface area contributed by atoms with Crippen molar-refractivity contribution in [2.24, 2.45) is 5.73 Å². The third-order valence-electron chi connectivity index (χ3n) is 0.440. The Morgan fingerprint density at radius 1 is 1.67 bits per heavy atom. The van der Waals surface area contributed by atoms with Crippen LogP contribution in [0.2, 0.25) is 0 Å². The summed E-state index contributed by atoms with van der Waals surface area (Å²) in [5.41, 5.74) is 5.04. The molecule has 2 nitrogen and oxygen atoms in total. The van der Waals surface area contributed by atoms with Crippen molar-refractivity contribution in [3.05, 3.63) is 0 Å². The van der Waals surface area contributed by atoms with E-state index in [2.05, 4.69) is 0 Å². The second-order valence-corrected chi connectivity index (χ2v) is 5.27. The highest BCUT2D eigenvalue weighted by molar-refractivity contribution is 7.62. The quantitative estimate of drug-likeness (QED) is 0.393. The second kappa shape index (κ2) is 1.76. The summed E-state index contributed by atoms with van der Waals surface area (Å²) in [5, 5.41) is 0. The van der Waals surface area contributed by atoms with Crippen LogP contribution in [0, 0.1) is 0 Å². The summed E-state index contributed by atoms with van der Waals surface area (Å²) in [7, 11) is -1.87. The van der Waals surface area contributed by atoms with Gasteiger partial charge in [0.1, 0.15) is 0 Å². The molecule has 0 saturated carbocycles. The van der Waals surface area contributed by atoms with Crippen molar-refractivity contribution in [3.63, 3.8) is 0 Å². The van der Waals surface area contributed by atoms with E-state index in [1.165, 1.54) is 0 Å². The molecule has 3 heteroatoms. The van der Waals surface area contributed by atoms with Crippen molar-refractivity contribution in [1.29, 1.82) is 0 Å². The van der Waals surface area contributed by atoms with E-state index in [1.807, 2.05) is 0 Å². The first-order valence-electron chi connectivity index (χ1n) is 1.80.